The molecule has 1 fully saturated rings. The number of rotatable bonds is 3. The van der Waals surface area contributed by atoms with Crippen molar-refractivity contribution in [3.05, 3.63) is 83.8 Å². The first-order valence-electron chi connectivity index (χ1n) is 9.82. The molecule has 0 saturated carbocycles. The molecule has 1 aliphatic heterocycles. The Labute approximate surface area is 169 Å². The van der Waals surface area contributed by atoms with Gasteiger partial charge in [0.2, 0.25) is 0 Å². The monoisotopic (exact) mass is 383 g/mol. The van der Waals surface area contributed by atoms with E-state index >= 15 is 0 Å². The van der Waals surface area contributed by atoms with Crippen molar-refractivity contribution < 1.29 is 4.79 Å². The van der Waals surface area contributed by atoms with Gasteiger partial charge in [0.25, 0.3) is 5.91 Å². The van der Waals surface area contributed by atoms with E-state index in [1.165, 1.54) is 11.1 Å². The second kappa shape index (κ2) is 7.13. The van der Waals surface area contributed by atoms with Crippen molar-refractivity contribution in [3.63, 3.8) is 0 Å². The maximum absolute atomic E-state index is 12.3. The SMILES string of the molecule is O=C(Nc1cccnc1)c1ccc(N2CCC3(C=Cc4ccccc43)CC2)nn1. The zero-order chi connectivity index (χ0) is 19.7. The van der Waals surface area contributed by atoms with Crippen molar-refractivity contribution in [1.29, 1.82) is 0 Å². The van der Waals surface area contributed by atoms with Gasteiger partial charge in [-0.1, -0.05) is 36.4 Å². The number of piperidine rings is 1. The summed E-state index contributed by atoms with van der Waals surface area (Å²) in [7, 11) is 0. The maximum atomic E-state index is 12.3. The number of anilines is 2. The Kier molecular flexibility index (Phi) is 4.31. The molecule has 6 heteroatoms. The highest BCUT2D eigenvalue weighted by Crippen LogP contribution is 2.43. The second-order valence-corrected chi connectivity index (χ2v) is 7.54. The fourth-order valence-corrected chi connectivity index (χ4v) is 4.25. The van der Waals surface area contributed by atoms with E-state index in [0.29, 0.717) is 11.4 Å². The average molecular weight is 383 g/mol. The first-order chi connectivity index (χ1) is 14.2. The number of hydrogen-bond acceptors (Lipinski definition) is 5. The minimum absolute atomic E-state index is 0.143. The zero-order valence-corrected chi connectivity index (χ0v) is 16.0. The van der Waals surface area contributed by atoms with Crippen molar-refractivity contribution in [2.45, 2.75) is 18.3 Å². The highest BCUT2D eigenvalue weighted by atomic mass is 16.1. The van der Waals surface area contributed by atoms with Gasteiger partial charge < -0.3 is 10.2 Å². The molecule has 1 saturated heterocycles. The van der Waals surface area contributed by atoms with Crippen molar-refractivity contribution in [2.24, 2.45) is 0 Å². The third-order valence-corrected chi connectivity index (χ3v) is 5.86. The van der Waals surface area contributed by atoms with Gasteiger partial charge in [-0.25, -0.2) is 0 Å². The summed E-state index contributed by atoms with van der Waals surface area (Å²) in [6.45, 7) is 1.82. The largest absolute Gasteiger partial charge is 0.355 e. The van der Waals surface area contributed by atoms with Crippen LogP contribution in [-0.4, -0.2) is 34.2 Å². The summed E-state index contributed by atoms with van der Waals surface area (Å²) in [6.07, 6.45) is 9.97. The van der Waals surface area contributed by atoms with E-state index < -0.39 is 0 Å². The van der Waals surface area contributed by atoms with E-state index in [1.807, 2.05) is 6.07 Å². The average Bonchev–Trinajstić information content (AvgIpc) is 3.13. The number of nitrogens with one attached hydrogen (secondary N) is 1. The fourth-order valence-electron chi connectivity index (χ4n) is 4.25. The van der Waals surface area contributed by atoms with Crippen molar-refractivity contribution in [3.8, 4) is 0 Å². The molecule has 5 rings (SSSR count). The molecule has 0 unspecified atom stereocenters. The number of allylic oxidation sites excluding steroid dienone is 1. The van der Waals surface area contributed by atoms with Crippen LogP contribution < -0.4 is 10.2 Å². The molecule has 3 aromatic rings. The summed E-state index contributed by atoms with van der Waals surface area (Å²) in [5.74, 6) is 0.524. The van der Waals surface area contributed by atoms with Crippen molar-refractivity contribution >= 4 is 23.5 Å². The molecule has 29 heavy (non-hydrogen) atoms. The Hall–Kier alpha value is -3.54. The third-order valence-electron chi connectivity index (χ3n) is 5.86. The standard InChI is InChI=1S/C23H21N5O/c29-22(25-18-5-3-13-24-16-18)20-7-8-21(27-26-20)28-14-11-23(12-15-28)10-9-17-4-1-2-6-19(17)23/h1-10,13,16H,11-12,14-15H2,(H,25,29). The molecule has 0 radical (unpaired) electrons. The van der Waals surface area contributed by atoms with Crippen molar-refractivity contribution in [2.75, 3.05) is 23.3 Å². The molecular formula is C23H21N5O. The number of fused-ring (bicyclic) bond motifs is 2. The summed E-state index contributed by atoms with van der Waals surface area (Å²) in [4.78, 5) is 18.6. The molecule has 144 valence electrons. The van der Waals surface area contributed by atoms with E-state index in [-0.39, 0.29) is 11.3 Å². The van der Waals surface area contributed by atoms with Gasteiger partial charge in [-0.05, 0) is 48.2 Å². The predicted molar refractivity (Wildman–Crippen MR) is 113 cm³/mol. The molecule has 2 aromatic heterocycles. The lowest BCUT2D eigenvalue weighted by atomic mass is 9.74. The molecule has 1 aromatic carbocycles. The van der Waals surface area contributed by atoms with Crippen LogP contribution in [0.15, 0.2) is 67.0 Å². The van der Waals surface area contributed by atoms with E-state index in [1.54, 1.807) is 30.6 Å². The van der Waals surface area contributed by atoms with Crippen LogP contribution in [0.1, 0.15) is 34.5 Å². The Morgan fingerprint density at radius 2 is 1.86 bits per heavy atom. The molecule has 2 aliphatic rings. The van der Waals surface area contributed by atoms with E-state index in [2.05, 4.69) is 61.8 Å². The van der Waals surface area contributed by atoms with Crippen LogP contribution in [0.2, 0.25) is 0 Å². The predicted octanol–water partition coefficient (Wildman–Crippen LogP) is 3.69. The minimum atomic E-state index is -0.289. The van der Waals surface area contributed by atoms with Crippen LogP contribution in [0.5, 0.6) is 0 Å². The third kappa shape index (κ3) is 3.27. The van der Waals surface area contributed by atoms with Gasteiger partial charge in [0.05, 0.1) is 11.9 Å². The van der Waals surface area contributed by atoms with Gasteiger partial charge >= 0.3 is 0 Å². The van der Waals surface area contributed by atoms with E-state index in [4.69, 9.17) is 0 Å². The smallest absolute Gasteiger partial charge is 0.276 e. The number of carbonyl (C=O) groups is 1. The lowest BCUT2D eigenvalue weighted by Crippen LogP contribution is -2.41. The summed E-state index contributed by atoms with van der Waals surface area (Å²) in [5, 5.41) is 11.2. The Morgan fingerprint density at radius 1 is 1.00 bits per heavy atom. The molecule has 6 nitrogen and oxygen atoms in total. The topological polar surface area (TPSA) is 71.0 Å². The lowest BCUT2D eigenvalue weighted by molar-refractivity contribution is 0.102. The molecule has 1 spiro atoms. The van der Waals surface area contributed by atoms with E-state index in [0.717, 1.165) is 31.7 Å². The van der Waals surface area contributed by atoms with Gasteiger partial charge in [0, 0.05) is 24.7 Å². The van der Waals surface area contributed by atoms with Crippen LogP contribution in [0.3, 0.4) is 0 Å². The highest BCUT2D eigenvalue weighted by Gasteiger charge is 2.38. The number of benzene rings is 1. The number of hydrogen-bond donors (Lipinski definition) is 1. The zero-order valence-electron chi connectivity index (χ0n) is 16.0. The maximum Gasteiger partial charge on any atom is 0.276 e. The van der Waals surface area contributed by atoms with Crippen molar-refractivity contribution in [1.82, 2.24) is 15.2 Å². The van der Waals surface area contributed by atoms with Crippen LogP contribution in [0.25, 0.3) is 6.08 Å². The number of pyridine rings is 1. The number of amides is 1. The molecule has 3 heterocycles. The van der Waals surface area contributed by atoms with Crippen LogP contribution in [0, 0.1) is 0 Å². The highest BCUT2D eigenvalue weighted by molar-refractivity contribution is 6.02. The number of carbonyl (C=O) groups excluding carboxylic acids is 1. The van der Waals surface area contributed by atoms with Gasteiger partial charge in [-0.2, -0.15) is 0 Å². The summed E-state index contributed by atoms with van der Waals surface area (Å²) in [5.41, 5.74) is 3.84. The number of aromatic nitrogens is 3. The minimum Gasteiger partial charge on any atom is -0.355 e. The van der Waals surface area contributed by atoms with E-state index in [9.17, 15) is 4.79 Å². The molecule has 1 aliphatic carbocycles. The van der Waals surface area contributed by atoms with Crippen LogP contribution in [0.4, 0.5) is 11.5 Å². The normalized spacial score (nSPS) is 16.6. The molecule has 0 atom stereocenters. The van der Waals surface area contributed by atoms with Crippen LogP contribution in [-0.2, 0) is 5.41 Å². The Morgan fingerprint density at radius 3 is 2.62 bits per heavy atom. The lowest BCUT2D eigenvalue weighted by Gasteiger charge is -2.39. The van der Waals surface area contributed by atoms with Gasteiger partial charge in [-0.15, -0.1) is 10.2 Å². The second-order valence-electron chi connectivity index (χ2n) is 7.54. The summed E-state index contributed by atoms with van der Waals surface area (Å²) in [6, 6.07) is 15.8. The summed E-state index contributed by atoms with van der Waals surface area (Å²) < 4.78 is 0. The quantitative estimate of drug-likeness (QED) is 0.747. The number of nitrogens with zero attached hydrogens (tertiary/aromatic N) is 4. The Bertz CT molecular complexity index is 1050. The Balaban J connectivity index is 1.25. The molecule has 1 N–H and O–H groups in total. The van der Waals surface area contributed by atoms with Crippen LogP contribution >= 0.6 is 0 Å². The van der Waals surface area contributed by atoms with Gasteiger partial charge in [0.1, 0.15) is 0 Å². The first kappa shape index (κ1) is 17.6. The summed E-state index contributed by atoms with van der Waals surface area (Å²) >= 11 is 0. The van der Waals surface area contributed by atoms with Gasteiger partial charge in [0.15, 0.2) is 11.5 Å². The first-order valence-corrected chi connectivity index (χ1v) is 9.82. The van der Waals surface area contributed by atoms with Gasteiger partial charge in [-0.3, -0.25) is 9.78 Å². The fraction of sp³-hybridized carbons (Fsp3) is 0.217. The molecule has 1 amide bonds. The molecule has 0 bridgehead atoms. The molecular weight excluding hydrogens is 362 g/mol.